The number of nitriles is 1. The van der Waals surface area contributed by atoms with Crippen molar-refractivity contribution in [2.75, 3.05) is 26.3 Å². The lowest BCUT2D eigenvalue weighted by atomic mass is 9.97. The van der Waals surface area contributed by atoms with Gasteiger partial charge in [0.05, 0.1) is 29.5 Å². The highest BCUT2D eigenvalue weighted by molar-refractivity contribution is 6.34. The Morgan fingerprint density at radius 2 is 2.07 bits per heavy atom. The number of carbonyl (C=O) groups is 1. The van der Waals surface area contributed by atoms with Crippen molar-refractivity contribution in [1.82, 2.24) is 19.5 Å². The minimum absolute atomic E-state index is 0.125. The monoisotopic (exact) mass is 425 g/mol. The number of aromatic nitrogens is 3. The van der Waals surface area contributed by atoms with Crippen molar-refractivity contribution in [3.8, 4) is 17.3 Å². The molecule has 1 amide bonds. The van der Waals surface area contributed by atoms with E-state index in [1.54, 1.807) is 23.1 Å². The van der Waals surface area contributed by atoms with Crippen molar-refractivity contribution in [2.45, 2.75) is 19.8 Å². The van der Waals surface area contributed by atoms with E-state index in [2.05, 4.69) is 10.1 Å². The molecule has 8 nitrogen and oxygen atoms in total. The number of aromatic amines is 1. The third-order valence-electron chi connectivity index (χ3n) is 5.16. The molecule has 0 bridgehead atoms. The van der Waals surface area contributed by atoms with Gasteiger partial charge in [-0.3, -0.25) is 14.7 Å². The number of hydrogen-bond acceptors (Lipinski definition) is 5. The van der Waals surface area contributed by atoms with Crippen LogP contribution >= 0.6 is 11.6 Å². The van der Waals surface area contributed by atoms with Gasteiger partial charge in [0.25, 0.3) is 11.5 Å². The van der Waals surface area contributed by atoms with Crippen LogP contribution in [0.5, 0.6) is 0 Å². The first kappa shape index (κ1) is 20.1. The highest BCUT2D eigenvalue weighted by atomic mass is 35.5. The minimum Gasteiger partial charge on any atom is -0.378 e. The van der Waals surface area contributed by atoms with Gasteiger partial charge in [-0.1, -0.05) is 31.5 Å². The second-order valence-electron chi connectivity index (χ2n) is 7.39. The van der Waals surface area contributed by atoms with Crippen LogP contribution in [0.3, 0.4) is 0 Å². The molecule has 0 saturated carbocycles. The Balaban J connectivity index is 1.90. The molecule has 3 aromatic rings. The summed E-state index contributed by atoms with van der Waals surface area (Å²) in [6.07, 6.45) is 1.45. The van der Waals surface area contributed by atoms with E-state index in [9.17, 15) is 14.9 Å². The van der Waals surface area contributed by atoms with Crippen molar-refractivity contribution >= 4 is 23.2 Å². The Morgan fingerprint density at radius 1 is 1.33 bits per heavy atom. The summed E-state index contributed by atoms with van der Waals surface area (Å²) >= 11 is 6.34. The molecule has 9 heteroatoms. The zero-order chi connectivity index (χ0) is 21.4. The molecule has 1 aliphatic heterocycles. The summed E-state index contributed by atoms with van der Waals surface area (Å²) in [6, 6.07) is 7.09. The van der Waals surface area contributed by atoms with Crippen LogP contribution in [0.4, 0.5) is 0 Å². The van der Waals surface area contributed by atoms with Gasteiger partial charge in [0, 0.05) is 30.4 Å². The Labute approximate surface area is 177 Å². The first-order valence-electron chi connectivity index (χ1n) is 9.63. The zero-order valence-corrected chi connectivity index (χ0v) is 17.4. The van der Waals surface area contributed by atoms with Crippen LogP contribution in [0.1, 0.15) is 41.3 Å². The van der Waals surface area contributed by atoms with E-state index in [1.165, 1.54) is 10.7 Å². The van der Waals surface area contributed by atoms with Crippen LogP contribution in [-0.4, -0.2) is 51.7 Å². The van der Waals surface area contributed by atoms with E-state index >= 15 is 0 Å². The van der Waals surface area contributed by atoms with Gasteiger partial charge < -0.3 is 9.64 Å². The third kappa shape index (κ3) is 3.36. The summed E-state index contributed by atoms with van der Waals surface area (Å²) in [7, 11) is 0. The number of ether oxygens (including phenoxy) is 1. The van der Waals surface area contributed by atoms with Crippen molar-refractivity contribution in [3.05, 3.63) is 56.5 Å². The Morgan fingerprint density at radius 3 is 2.73 bits per heavy atom. The van der Waals surface area contributed by atoms with Gasteiger partial charge in [-0.05, 0) is 18.1 Å². The van der Waals surface area contributed by atoms with Gasteiger partial charge in [-0.2, -0.15) is 5.26 Å². The first-order chi connectivity index (χ1) is 14.4. The summed E-state index contributed by atoms with van der Waals surface area (Å²) < 4.78 is 6.59. The Kier molecular flexibility index (Phi) is 5.33. The molecule has 154 valence electrons. The van der Waals surface area contributed by atoms with E-state index in [0.29, 0.717) is 53.7 Å². The normalized spacial score (nSPS) is 14.3. The average Bonchev–Trinajstić information content (AvgIpc) is 3.17. The molecule has 1 fully saturated rings. The largest absolute Gasteiger partial charge is 0.378 e. The predicted molar refractivity (Wildman–Crippen MR) is 112 cm³/mol. The van der Waals surface area contributed by atoms with E-state index in [1.807, 2.05) is 19.9 Å². The van der Waals surface area contributed by atoms with Crippen LogP contribution in [0.2, 0.25) is 5.02 Å². The third-order valence-corrected chi connectivity index (χ3v) is 5.49. The van der Waals surface area contributed by atoms with Crippen LogP contribution < -0.4 is 5.56 Å². The van der Waals surface area contributed by atoms with E-state index in [0.717, 1.165) is 0 Å². The highest BCUT2D eigenvalue weighted by Gasteiger charge is 2.24. The molecule has 4 rings (SSSR count). The van der Waals surface area contributed by atoms with Gasteiger partial charge in [0.15, 0.2) is 5.65 Å². The number of fused-ring (bicyclic) bond motifs is 1. The molecule has 0 spiro atoms. The molecule has 2 aromatic heterocycles. The number of hydrogen-bond donors (Lipinski definition) is 1. The Hall–Kier alpha value is -3.15. The van der Waals surface area contributed by atoms with Crippen molar-refractivity contribution in [1.29, 1.82) is 5.26 Å². The number of H-pyrrole nitrogens is 1. The fourth-order valence-corrected chi connectivity index (χ4v) is 3.82. The second-order valence-corrected chi connectivity index (χ2v) is 7.80. The SMILES string of the molecule is CC(C)c1c(-c2ccc(Cl)c(C(=O)N3CCOCC3)c2)nc2c(C#N)c[nH]n2c1=O. The molecule has 1 saturated heterocycles. The zero-order valence-electron chi connectivity index (χ0n) is 16.6. The fraction of sp³-hybridized carbons (Fsp3) is 0.333. The number of nitrogens with one attached hydrogen (secondary N) is 1. The van der Waals surface area contributed by atoms with E-state index in [4.69, 9.17) is 16.3 Å². The standard InChI is InChI=1S/C21H20ClN5O3/c1-12(2)17-18(25-19-14(10-23)11-24-27(19)21(17)29)13-3-4-16(22)15(9-13)20(28)26-5-7-30-8-6-26/h3-4,9,11-12,24H,5-8H2,1-2H3. The number of carbonyl (C=O) groups excluding carboxylic acids is 1. The van der Waals surface area contributed by atoms with Crippen LogP contribution in [0, 0.1) is 11.3 Å². The molecule has 0 aliphatic carbocycles. The van der Waals surface area contributed by atoms with Crippen LogP contribution in [-0.2, 0) is 4.74 Å². The number of halogens is 1. The van der Waals surface area contributed by atoms with E-state index in [-0.39, 0.29) is 28.6 Å². The highest BCUT2D eigenvalue weighted by Crippen LogP contribution is 2.30. The molecule has 0 unspecified atom stereocenters. The molecule has 0 radical (unpaired) electrons. The lowest BCUT2D eigenvalue weighted by Gasteiger charge is -2.27. The molecule has 0 atom stereocenters. The van der Waals surface area contributed by atoms with Gasteiger partial charge in [0.2, 0.25) is 0 Å². The number of rotatable bonds is 3. The summed E-state index contributed by atoms with van der Waals surface area (Å²) in [4.78, 5) is 32.4. The number of nitrogens with zero attached hydrogens (tertiary/aromatic N) is 4. The maximum atomic E-state index is 13.1. The first-order valence-corrected chi connectivity index (χ1v) is 10.0. The number of morpholine rings is 1. The Bertz CT molecular complexity index is 1230. The number of amides is 1. The molecule has 1 N–H and O–H groups in total. The summed E-state index contributed by atoms with van der Waals surface area (Å²) in [5.74, 6) is -0.312. The van der Waals surface area contributed by atoms with Crippen LogP contribution in [0.15, 0.2) is 29.2 Å². The van der Waals surface area contributed by atoms with Gasteiger partial charge in [-0.15, -0.1) is 0 Å². The van der Waals surface area contributed by atoms with Gasteiger partial charge in [-0.25, -0.2) is 9.50 Å². The minimum atomic E-state index is -0.275. The van der Waals surface area contributed by atoms with Crippen LogP contribution in [0.25, 0.3) is 16.9 Å². The smallest absolute Gasteiger partial charge is 0.276 e. The summed E-state index contributed by atoms with van der Waals surface area (Å²) in [6.45, 7) is 5.77. The summed E-state index contributed by atoms with van der Waals surface area (Å²) in [5.41, 5.74) is 2.12. The molecular formula is C21H20ClN5O3. The van der Waals surface area contributed by atoms with Gasteiger partial charge >= 0.3 is 0 Å². The maximum absolute atomic E-state index is 13.1. The molecule has 1 aliphatic rings. The molecule has 30 heavy (non-hydrogen) atoms. The topological polar surface area (TPSA) is 103 Å². The van der Waals surface area contributed by atoms with E-state index < -0.39 is 0 Å². The average molecular weight is 426 g/mol. The second kappa shape index (κ2) is 7.94. The molecule has 3 heterocycles. The lowest BCUT2D eigenvalue weighted by molar-refractivity contribution is 0.0303. The predicted octanol–water partition coefficient (Wildman–Crippen LogP) is 2.81. The molecule has 1 aromatic carbocycles. The molecular weight excluding hydrogens is 406 g/mol. The van der Waals surface area contributed by atoms with Crippen molar-refractivity contribution in [2.24, 2.45) is 0 Å². The quantitative estimate of drug-likeness (QED) is 0.694. The fourth-order valence-electron chi connectivity index (χ4n) is 3.62. The van der Waals surface area contributed by atoms with Crippen molar-refractivity contribution in [3.63, 3.8) is 0 Å². The number of benzene rings is 1. The van der Waals surface area contributed by atoms with Gasteiger partial charge in [0.1, 0.15) is 11.6 Å². The summed E-state index contributed by atoms with van der Waals surface area (Å²) in [5, 5.41) is 12.5. The maximum Gasteiger partial charge on any atom is 0.276 e. The lowest BCUT2D eigenvalue weighted by Crippen LogP contribution is -2.40. The van der Waals surface area contributed by atoms with Crippen molar-refractivity contribution < 1.29 is 9.53 Å².